The zero-order valence-corrected chi connectivity index (χ0v) is 22.8. The highest BCUT2D eigenvalue weighted by atomic mass is 16.2. The van der Waals surface area contributed by atoms with Gasteiger partial charge in [0.2, 0.25) is 5.91 Å². The number of amides is 2. The van der Waals surface area contributed by atoms with Crippen molar-refractivity contribution in [2.45, 2.75) is 45.2 Å². The summed E-state index contributed by atoms with van der Waals surface area (Å²) < 4.78 is 0. The Morgan fingerprint density at radius 2 is 1.92 bits per heavy atom. The van der Waals surface area contributed by atoms with E-state index in [9.17, 15) is 9.59 Å². The second kappa shape index (κ2) is 10.3. The topological polar surface area (TPSA) is 94.2 Å². The highest BCUT2D eigenvalue weighted by molar-refractivity contribution is 5.96. The van der Waals surface area contributed by atoms with Gasteiger partial charge in [0, 0.05) is 69.1 Å². The molecule has 2 aromatic heterocycles. The quantitative estimate of drug-likeness (QED) is 0.377. The summed E-state index contributed by atoms with van der Waals surface area (Å²) in [6, 6.07) is 12.5. The predicted molar refractivity (Wildman–Crippen MR) is 152 cm³/mol. The minimum Gasteiger partial charge on any atom is -0.353 e. The van der Waals surface area contributed by atoms with Gasteiger partial charge in [0.1, 0.15) is 5.52 Å². The van der Waals surface area contributed by atoms with E-state index in [1.165, 1.54) is 16.7 Å². The third-order valence-corrected chi connectivity index (χ3v) is 7.76. The van der Waals surface area contributed by atoms with Crippen molar-refractivity contribution in [1.29, 1.82) is 0 Å². The number of carbonyl (C=O) groups is 2. The second-order valence-electron chi connectivity index (χ2n) is 11.0. The maximum Gasteiger partial charge on any atom is 0.253 e. The summed E-state index contributed by atoms with van der Waals surface area (Å²) in [6.45, 7) is 4.76. The molecule has 1 saturated carbocycles. The van der Waals surface area contributed by atoms with Gasteiger partial charge in [-0.25, -0.2) is 9.97 Å². The van der Waals surface area contributed by atoms with E-state index in [2.05, 4.69) is 39.2 Å². The fraction of sp³-hybridized carbons (Fsp3) is 0.355. The summed E-state index contributed by atoms with van der Waals surface area (Å²) in [5, 5.41) is 3.09. The van der Waals surface area contributed by atoms with E-state index in [1.807, 2.05) is 36.7 Å². The van der Waals surface area contributed by atoms with Crippen LogP contribution in [0.4, 0.5) is 0 Å². The molecule has 200 valence electrons. The van der Waals surface area contributed by atoms with Crippen molar-refractivity contribution in [1.82, 2.24) is 30.1 Å². The number of hydrogen-bond acceptors (Lipinski definition) is 5. The Kier molecular flexibility index (Phi) is 6.64. The van der Waals surface area contributed by atoms with Crippen LogP contribution in [0.25, 0.3) is 33.5 Å². The number of hydrogen-bond donors (Lipinski definition) is 2. The van der Waals surface area contributed by atoms with E-state index in [0.717, 1.165) is 72.4 Å². The van der Waals surface area contributed by atoms with Gasteiger partial charge in [-0.15, -0.1) is 0 Å². The van der Waals surface area contributed by atoms with Crippen molar-refractivity contribution < 1.29 is 9.59 Å². The fourth-order valence-electron chi connectivity index (χ4n) is 5.41. The van der Waals surface area contributed by atoms with E-state index < -0.39 is 0 Å². The zero-order chi connectivity index (χ0) is 27.1. The van der Waals surface area contributed by atoms with Gasteiger partial charge in [0.15, 0.2) is 5.65 Å². The number of fused-ring (bicyclic) bond motifs is 2. The number of nitrogens with one attached hydrogen (secondary N) is 2. The fourth-order valence-corrected chi connectivity index (χ4v) is 5.41. The molecule has 1 fully saturated rings. The van der Waals surface area contributed by atoms with E-state index >= 15 is 0 Å². The van der Waals surface area contributed by atoms with Crippen LogP contribution in [0.5, 0.6) is 0 Å². The molecule has 39 heavy (non-hydrogen) atoms. The first-order valence-electron chi connectivity index (χ1n) is 13.7. The van der Waals surface area contributed by atoms with E-state index in [4.69, 9.17) is 4.98 Å². The minimum atomic E-state index is -0.0228. The molecule has 2 amide bonds. The van der Waals surface area contributed by atoms with Crippen LogP contribution in [0.2, 0.25) is 0 Å². The molecule has 6 rings (SSSR count). The van der Waals surface area contributed by atoms with Gasteiger partial charge >= 0.3 is 0 Å². The summed E-state index contributed by atoms with van der Waals surface area (Å²) in [7, 11) is 3.50. The predicted octanol–water partition coefficient (Wildman–Crippen LogP) is 4.33. The lowest BCUT2D eigenvalue weighted by atomic mass is 9.92. The molecule has 8 heteroatoms. The molecule has 2 N–H and O–H groups in total. The Hall–Kier alpha value is -4.04. The largest absolute Gasteiger partial charge is 0.353 e. The molecule has 2 aromatic carbocycles. The maximum atomic E-state index is 12.3. The van der Waals surface area contributed by atoms with E-state index in [-0.39, 0.29) is 11.8 Å². The molecule has 0 unspecified atom stereocenters. The highest BCUT2D eigenvalue weighted by Crippen LogP contribution is 2.32. The van der Waals surface area contributed by atoms with Gasteiger partial charge in [0.25, 0.3) is 5.91 Å². The van der Waals surface area contributed by atoms with Crippen LogP contribution in [0.3, 0.4) is 0 Å². The lowest BCUT2D eigenvalue weighted by molar-refractivity contribution is -0.121. The lowest BCUT2D eigenvalue weighted by Crippen LogP contribution is -2.35. The Bertz CT molecular complexity index is 1550. The SMILES string of the molecule is Cc1cc(-c2cnc3[nH]cc(-c4ccc(C(=O)N(C)C)cc4)c3n2)cc2c1CCN(CCC(=O)NC1CC1)C2. The first kappa shape index (κ1) is 25.2. The summed E-state index contributed by atoms with van der Waals surface area (Å²) in [5.74, 6) is 0.142. The number of aromatic nitrogens is 3. The molecule has 0 saturated heterocycles. The summed E-state index contributed by atoms with van der Waals surface area (Å²) in [4.78, 5) is 41.4. The monoisotopic (exact) mass is 522 g/mol. The van der Waals surface area contributed by atoms with Gasteiger partial charge in [-0.05, 0) is 72.7 Å². The van der Waals surface area contributed by atoms with Crippen LogP contribution in [0.1, 0.15) is 46.3 Å². The zero-order valence-electron chi connectivity index (χ0n) is 22.8. The van der Waals surface area contributed by atoms with E-state index in [0.29, 0.717) is 18.0 Å². The molecule has 0 spiro atoms. The maximum absolute atomic E-state index is 12.3. The number of aromatic amines is 1. The van der Waals surface area contributed by atoms with Crippen molar-refractivity contribution in [3.05, 3.63) is 71.0 Å². The van der Waals surface area contributed by atoms with Crippen LogP contribution >= 0.6 is 0 Å². The van der Waals surface area contributed by atoms with Gasteiger partial charge in [-0.3, -0.25) is 14.5 Å². The van der Waals surface area contributed by atoms with Crippen molar-refractivity contribution in [3.63, 3.8) is 0 Å². The second-order valence-corrected chi connectivity index (χ2v) is 11.0. The highest BCUT2D eigenvalue weighted by Gasteiger charge is 2.24. The van der Waals surface area contributed by atoms with Crippen molar-refractivity contribution >= 4 is 23.0 Å². The van der Waals surface area contributed by atoms with Crippen LogP contribution < -0.4 is 5.32 Å². The Balaban J connectivity index is 1.25. The molecule has 8 nitrogen and oxygen atoms in total. The van der Waals surface area contributed by atoms with Gasteiger partial charge in [-0.1, -0.05) is 12.1 Å². The minimum absolute atomic E-state index is 0.0228. The van der Waals surface area contributed by atoms with Crippen LogP contribution in [-0.2, 0) is 17.8 Å². The number of rotatable bonds is 7. The number of H-pyrrole nitrogens is 1. The Morgan fingerprint density at radius 1 is 1.13 bits per heavy atom. The Labute approximate surface area is 228 Å². The summed E-state index contributed by atoms with van der Waals surface area (Å²) in [5.41, 5.74) is 9.97. The number of carbonyl (C=O) groups excluding carboxylic acids is 2. The molecular formula is C31H34N6O2. The Morgan fingerprint density at radius 3 is 2.67 bits per heavy atom. The average molecular weight is 523 g/mol. The molecule has 2 aliphatic rings. The van der Waals surface area contributed by atoms with E-state index in [1.54, 1.807) is 19.0 Å². The van der Waals surface area contributed by atoms with Crippen molar-refractivity contribution in [3.8, 4) is 22.4 Å². The third kappa shape index (κ3) is 5.29. The number of benzene rings is 2. The molecule has 1 aliphatic heterocycles. The molecule has 1 aliphatic carbocycles. The number of nitrogens with zero attached hydrogens (tertiary/aromatic N) is 4. The lowest BCUT2D eigenvalue weighted by Gasteiger charge is -2.30. The van der Waals surface area contributed by atoms with Crippen LogP contribution in [0.15, 0.2) is 48.8 Å². The standard InChI is InChI=1S/C31H34N6O2/c1-19-14-22(15-23-18-37(12-10-25(19)23)13-11-28(38)34-24-8-9-24)27-17-33-30-29(35-27)26(16-32-30)20-4-6-21(7-5-20)31(39)36(2)3/h4-7,14-17,24H,8-13,18H2,1-3H3,(H,32,33)(H,34,38). The molecule has 0 bridgehead atoms. The molecule has 0 radical (unpaired) electrons. The van der Waals surface area contributed by atoms with Crippen molar-refractivity contribution in [2.75, 3.05) is 27.2 Å². The van der Waals surface area contributed by atoms with Gasteiger partial charge in [-0.2, -0.15) is 0 Å². The normalized spacial score (nSPS) is 15.3. The first-order valence-corrected chi connectivity index (χ1v) is 13.7. The first-order chi connectivity index (χ1) is 18.9. The third-order valence-electron chi connectivity index (χ3n) is 7.76. The van der Waals surface area contributed by atoms with Gasteiger partial charge < -0.3 is 15.2 Å². The summed E-state index contributed by atoms with van der Waals surface area (Å²) in [6.07, 6.45) is 7.53. The smallest absolute Gasteiger partial charge is 0.253 e. The van der Waals surface area contributed by atoms with Gasteiger partial charge in [0.05, 0.1) is 11.9 Å². The molecule has 3 heterocycles. The molecule has 4 aromatic rings. The summed E-state index contributed by atoms with van der Waals surface area (Å²) >= 11 is 0. The average Bonchev–Trinajstić information content (AvgIpc) is 3.65. The molecule has 0 atom stereocenters. The number of aryl methyl sites for hydroxylation is 1. The van der Waals surface area contributed by atoms with Crippen LogP contribution in [-0.4, -0.2) is 69.8 Å². The molecular weight excluding hydrogens is 488 g/mol. The van der Waals surface area contributed by atoms with Crippen molar-refractivity contribution in [2.24, 2.45) is 0 Å². The van der Waals surface area contributed by atoms with Crippen LogP contribution in [0, 0.1) is 6.92 Å².